The van der Waals surface area contributed by atoms with Crippen LogP contribution in [0.4, 0.5) is 0 Å². The summed E-state index contributed by atoms with van der Waals surface area (Å²) >= 11 is 0. The van der Waals surface area contributed by atoms with Crippen LogP contribution in [0.25, 0.3) is 0 Å². The Bertz CT molecular complexity index is 208. The fraction of sp³-hybridized carbons (Fsp3) is 0. The Kier molecular flexibility index (Phi) is 1.44. The van der Waals surface area contributed by atoms with Crippen LogP contribution in [0, 0.1) is 0 Å². The standard InChI is InChI=1S/C6H5N2O/c7-6(9)5-3-1-2-4-8-5/h1-4,7H. The second-order valence-electron chi connectivity index (χ2n) is 1.54. The number of nitrogens with zero attached hydrogens (tertiary/aromatic N) is 1. The molecule has 0 unspecified atom stereocenters. The first-order chi connectivity index (χ1) is 4.30. The lowest BCUT2D eigenvalue weighted by Gasteiger charge is -1.87. The second kappa shape index (κ2) is 2.26. The molecule has 0 aliphatic heterocycles. The summed E-state index contributed by atoms with van der Waals surface area (Å²) in [5.74, 6) is -0.740. The highest BCUT2D eigenvalue weighted by molar-refractivity contribution is 5.89. The minimum absolute atomic E-state index is 0.192. The maximum atomic E-state index is 10.2. The van der Waals surface area contributed by atoms with Crippen molar-refractivity contribution in [1.29, 1.82) is 0 Å². The Morgan fingerprint density at radius 2 is 2.33 bits per heavy atom. The lowest BCUT2D eigenvalue weighted by molar-refractivity contribution is 0.0987. The Morgan fingerprint density at radius 1 is 1.56 bits per heavy atom. The Labute approximate surface area is 52.5 Å². The van der Waals surface area contributed by atoms with Crippen molar-refractivity contribution in [2.24, 2.45) is 0 Å². The van der Waals surface area contributed by atoms with Crippen molar-refractivity contribution in [1.82, 2.24) is 10.7 Å². The number of rotatable bonds is 1. The van der Waals surface area contributed by atoms with Crippen molar-refractivity contribution < 1.29 is 4.79 Å². The van der Waals surface area contributed by atoms with Crippen molar-refractivity contribution >= 4 is 5.91 Å². The molecule has 1 aromatic heterocycles. The van der Waals surface area contributed by atoms with Gasteiger partial charge in [0.25, 0.3) is 5.91 Å². The quantitative estimate of drug-likeness (QED) is 0.543. The molecular formula is C6H5N2O. The summed E-state index contributed by atoms with van der Waals surface area (Å²) in [6.07, 6.45) is 1.49. The van der Waals surface area contributed by atoms with Crippen LogP contribution in [0.1, 0.15) is 10.5 Å². The molecule has 1 N–H and O–H groups in total. The highest BCUT2D eigenvalue weighted by Crippen LogP contribution is 1.90. The van der Waals surface area contributed by atoms with E-state index in [-0.39, 0.29) is 5.69 Å². The van der Waals surface area contributed by atoms with Gasteiger partial charge >= 0.3 is 0 Å². The maximum absolute atomic E-state index is 10.2. The first-order valence-electron chi connectivity index (χ1n) is 2.47. The van der Waals surface area contributed by atoms with Crippen molar-refractivity contribution in [2.45, 2.75) is 0 Å². The van der Waals surface area contributed by atoms with E-state index in [1.165, 1.54) is 12.3 Å². The summed E-state index contributed by atoms with van der Waals surface area (Å²) < 4.78 is 0. The average molecular weight is 121 g/mol. The van der Waals surface area contributed by atoms with Gasteiger partial charge in [-0.1, -0.05) is 6.07 Å². The predicted octanol–water partition coefficient (Wildman–Crippen LogP) is 0.505. The second-order valence-corrected chi connectivity index (χ2v) is 1.54. The maximum Gasteiger partial charge on any atom is 0.288 e. The van der Waals surface area contributed by atoms with E-state index in [1.54, 1.807) is 12.1 Å². The van der Waals surface area contributed by atoms with Crippen molar-refractivity contribution in [3.63, 3.8) is 0 Å². The SMILES string of the molecule is [NH]C(=O)c1ccccn1. The van der Waals surface area contributed by atoms with Gasteiger partial charge in [0, 0.05) is 6.20 Å². The third kappa shape index (κ3) is 1.25. The van der Waals surface area contributed by atoms with Gasteiger partial charge in [0.2, 0.25) is 0 Å². The van der Waals surface area contributed by atoms with Gasteiger partial charge in [0.05, 0.1) is 0 Å². The molecule has 45 valence electrons. The number of nitrogens with one attached hydrogen (secondary N) is 1. The van der Waals surface area contributed by atoms with Crippen LogP contribution in [0.15, 0.2) is 24.4 Å². The van der Waals surface area contributed by atoms with E-state index in [9.17, 15) is 4.79 Å². The van der Waals surface area contributed by atoms with Crippen LogP contribution in [-0.4, -0.2) is 10.9 Å². The monoisotopic (exact) mass is 121 g/mol. The summed E-state index contributed by atoms with van der Waals surface area (Å²) in [7, 11) is 0. The molecule has 1 amide bonds. The van der Waals surface area contributed by atoms with Crippen LogP contribution < -0.4 is 5.73 Å². The van der Waals surface area contributed by atoms with Gasteiger partial charge in [-0.15, -0.1) is 0 Å². The number of carbonyl (C=O) groups excluding carboxylic acids is 1. The number of aromatic nitrogens is 1. The van der Waals surface area contributed by atoms with Crippen LogP contribution in [0.5, 0.6) is 0 Å². The zero-order valence-electron chi connectivity index (χ0n) is 4.66. The lowest BCUT2D eigenvalue weighted by atomic mass is 10.3. The molecular weight excluding hydrogens is 116 g/mol. The normalized spacial score (nSPS) is 8.89. The molecule has 0 fully saturated rings. The first kappa shape index (κ1) is 5.75. The zero-order chi connectivity index (χ0) is 6.69. The molecule has 3 heteroatoms. The van der Waals surface area contributed by atoms with Gasteiger partial charge in [-0.3, -0.25) is 15.5 Å². The number of amides is 1. The smallest absolute Gasteiger partial charge is 0.266 e. The van der Waals surface area contributed by atoms with Gasteiger partial charge in [-0.05, 0) is 12.1 Å². The van der Waals surface area contributed by atoms with Crippen LogP contribution in [0.2, 0.25) is 0 Å². The summed E-state index contributed by atoms with van der Waals surface area (Å²) in [6, 6.07) is 4.89. The molecule has 3 nitrogen and oxygen atoms in total. The molecule has 0 spiro atoms. The van der Waals surface area contributed by atoms with Crippen molar-refractivity contribution in [2.75, 3.05) is 0 Å². The van der Waals surface area contributed by atoms with Gasteiger partial charge in [-0.25, -0.2) is 0 Å². The Morgan fingerprint density at radius 3 is 2.67 bits per heavy atom. The molecule has 1 aromatic rings. The van der Waals surface area contributed by atoms with Crippen molar-refractivity contribution in [3.8, 4) is 0 Å². The van der Waals surface area contributed by atoms with Gasteiger partial charge in [-0.2, -0.15) is 0 Å². The number of hydrogen-bond donors (Lipinski definition) is 0. The molecule has 1 rings (SSSR count). The lowest BCUT2D eigenvalue weighted by Crippen LogP contribution is -2.00. The highest BCUT2D eigenvalue weighted by atomic mass is 16.1. The van der Waals surface area contributed by atoms with Gasteiger partial charge < -0.3 is 0 Å². The molecule has 0 aliphatic rings. The minimum Gasteiger partial charge on any atom is -0.266 e. The van der Waals surface area contributed by atoms with E-state index < -0.39 is 5.91 Å². The molecule has 1 heterocycles. The summed E-state index contributed by atoms with van der Waals surface area (Å²) in [5.41, 5.74) is 6.81. The summed E-state index contributed by atoms with van der Waals surface area (Å²) in [5, 5.41) is 0. The van der Waals surface area contributed by atoms with E-state index in [2.05, 4.69) is 4.98 Å². The summed E-state index contributed by atoms with van der Waals surface area (Å²) in [6.45, 7) is 0. The fourth-order valence-electron chi connectivity index (χ4n) is 0.497. The summed E-state index contributed by atoms with van der Waals surface area (Å²) in [4.78, 5) is 13.9. The van der Waals surface area contributed by atoms with E-state index in [0.717, 1.165) is 0 Å². The zero-order valence-corrected chi connectivity index (χ0v) is 4.66. The van der Waals surface area contributed by atoms with Gasteiger partial charge in [0.1, 0.15) is 5.69 Å². The fourth-order valence-corrected chi connectivity index (χ4v) is 0.497. The topological polar surface area (TPSA) is 53.8 Å². The van der Waals surface area contributed by atoms with Crippen LogP contribution in [-0.2, 0) is 0 Å². The number of pyridine rings is 1. The largest absolute Gasteiger partial charge is 0.288 e. The Hall–Kier alpha value is -1.38. The highest BCUT2D eigenvalue weighted by Gasteiger charge is 1.97. The third-order valence-corrected chi connectivity index (χ3v) is 0.898. The van der Waals surface area contributed by atoms with E-state index in [0.29, 0.717) is 0 Å². The van der Waals surface area contributed by atoms with E-state index in [4.69, 9.17) is 5.73 Å². The molecule has 0 aromatic carbocycles. The van der Waals surface area contributed by atoms with Crippen LogP contribution in [0.3, 0.4) is 0 Å². The third-order valence-electron chi connectivity index (χ3n) is 0.898. The molecule has 1 radical (unpaired) electrons. The molecule has 0 aliphatic carbocycles. The van der Waals surface area contributed by atoms with Crippen molar-refractivity contribution in [3.05, 3.63) is 30.1 Å². The van der Waals surface area contributed by atoms with E-state index in [1.807, 2.05) is 0 Å². The van der Waals surface area contributed by atoms with Gasteiger partial charge in [0.15, 0.2) is 0 Å². The molecule has 0 atom stereocenters. The number of carbonyl (C=O) groups is 1. The molecule has 0 saturated carbocycles. The minimum atomic E-state index is -0.740. The van der Waals surface area contributed by atoms with Crippen LogP contribution >= 0.6 is 0 Å². The molecule has 0 bridgehead atoms. The molecule has 9 heavy (non-hydrogen) atoms. The predicted molar refractivity (Wildman–Crippen MR) is 31.7 cm³/mol. The van der Waals surface area contributed by atoms with E-state index >= 15 is 0 Å². The Balaban J connectivity index is 2.98. The average Bonchev–Trinajstić information content (AvgIpc) is 1.90. The number of hydrogen-bond acceptors (Lipinski definition) is 2. The molecule has 0 saturated heterocycles. The first-order valence-corrected chi connectivity index (χ1v) is 2.47.